The van der Waals surface area contributed by atoms with E-state index in [1.165, 1.54) is 11.8 Å². The first-order valence-electron chi connectivity index (χ1n) is 8.40. The summed E-state index contributed by atoms with van der Waals surface area (Å²) in [7, 11) is 3.16. The molecule has 3 rings (SSSR count). The van der Waals surface area contributed by atoms with Crippen LogP contribution in [-0.4, -0.2) is 46.8 Å². The number of nitrogens with zero attached hydrogens (tertiary/aromatic N) is 3. The van der Waals surface area contributed by atoms with Gasteiger partial charge in [0, 0.05) is 19.5 Å². The number of likely N-dealkylation sites (N-methyl/N-ethyl adjacent to an activating group) is 1. The third-order valence-electron chi connectivity index (χ3n) is 4.07. The van der Waals surface area contributed by atoms with Crippen LogP contribution in [0.5, 0.6) is 0 Å². The largest absolute Gasteiger partial charge is 0.448 e. The molecule has 2 aromatic carbocycles. The van der Waals surface area contributed by atoms with Gasteiger partial charge in [0.05, 0.1) is 11.1 Å². The van der Waals surface area contributed by atoms with Crippen molar-refractivity contribution >= 4 is 22.6 Å². The molecule has 0 bridgehead atoms. The van der Waals surface area contributed by atoms with Crippen LogP contribution in [0.4, 0.5) is 0 Å². The number of esters is 1. The number of carbonyl (C=O) groups excluding carboxylic acids is 2. The van der Waals surface area contributed by atoms with Gasteiger partial charge >= 0.3 is 5.97 Å². The number of carbonyl (C=O) groups is 2. The van der Waals surface area contributed by atoms with Gasteiger partial charge in [-0.15, -0.1) is 0 Å². The number of ether oxygens (including phenoxy) is 1. The minimum atomic E-state index is -0.967. The highest BCUT2D eigenvalue weighted by Crippen LogP contribution is 2.17. The van der Waals surface area contributed by atoms with E-state index >= 15 is 0 Å². The molecule has 7 nitrogen and oxygen atoms in total. The molecule has 0 saturated heterocycles. The monoisotopic (exact) mass is 365 g/mol. The van der Waals surface area contributed by atoms with Crippen LogP contribution in [-0.2, 0) is 9.53 Å². The van der Waals surface area contributed by atoms with E-state index in [1.54, 1.807) is 62.6 Å². The smallest absolute Gasteiger partial charge is 0.360 e. The summed E-state index contributed by atoms with van der Waals surface area (Å²) >= 11 is 0. The summed E-state index contributed by atoms with van der Waals surface area (Å²) in [4.78, 5) is 38.9. The summed E-state index contributed by atoms with van der Waals surface area (Å²) < 4.78 is 6.45. The second-order valence-electron chi connectivity index (χ2n) is 6.23. The van der Waals surface area contributed by atoms with Crippen LogP contribution in [0.3, 0.4) is 0 Å². The first-order chi connectivity index (χ1) is 12.9. The molecule has 1 aromatic heterocycles. The lowest BCUT2D eigenvalue weighted by molar-refractivity contribution is -0.137. The summed E-state index contributed by atoms with van der Waals surface area (Å²) in [6.07, 6.45) is -0.967. The van der Waals surface area contributed by atoms with Crippen molar-refractivity contribution in [3.8, 4) is 5.69 Å². The third kappa shape index (κ3) is 3.57. The Hall–Kier alpha value is -3.48. The second kappa shape index (κ2) is 7.41. The highest BCUT2D eigenvalue weighted by Gasteiger charge is 2.24. The Kier molecular flexibility index (Phi) is 5.03. The fraction of sp³-hybridized carbons (Fsp3) is 0.200. The summed E-state index contributed by atoms with van der Waals surface area (Å²) in [6, 6.07) is 15.5. The zero-order valence-corrected chi connectivity index (χ0v) is 15.2. The van der Waals surface area contributed by atoms with Crippen molar-refractivity contribution in [2.45, 2.75) is 13.0 Å². The van der Waals surface area contributed by atoms with Crippen LogP contribution in [0.15, 0.2) is 59.4 Å². The van der Waals surface area contributed by atoms with Crippen molar-refractivity contribution in [3.63, 3.8) is 0 Å². The van der Waals surface area contributed by atoms with Gasteiger partial charge in [-0.25, -0.2) is 4.79 Å². The van der Waals surface area contributed by atoms with Crippen LogP contribution in [0.2, 0.25) is 0 Å². The number of hydrogen-bond donors (Lipinski definition) is 0. The van der Waals surface area contributed by atoms with Gasteiger partial charge in [-0.2, -0.15) is 9.78 Å². The molecular formula is C20H19N3O4. The minimum Gasteiger partial charge on any atom is -0.448 e. The Bertz CT molecular complexity index is 1060. The lowest BCUT2D eigenvalue weighted by atomic mass is 10.1. The fourth-order valence-corrected chi connectivity index (χ4v) is 2.71. The van der Waals surface area contributed by atoms with Crippen molar-refractivity contribution in [1.82, 2.24) is 14.7 Å². The van der Waals surface area contributed by atoms with Gasteiger partial charge < -0.3 is 9.64 Å². The number of para-hydroxylation sites is 1. The zero-order valence-electron chi connectivity index (χ0n) is 15.2. The van der Waals surface area contributed by atoms with Gasteiger partial charge in [0.2, 0.25) is 0 Å². The minimum absolute atomic E-state index is 0.0209. The number of hydrogen-bond acceptors (Lipinski definition) is 5. The SMILES string of the molecule is C[C@@H](OC(=O)c1nn(-c2ccccc2)c(=O)c2ccccc12)C(=O)N(C)C. The number of aromatic nitrogens is 2. The summed E-state index contributed by atoms with van der Waals surface area (Å²) in [5, 5.41) is 4.95. The average molecular weight is 365 g/mol. The van der Waals surface area contributed by atoms with Crippen LogP contribution in [0.25, 0.3) is 16.5 Å². The van der Waals surface area contributed by atoms with Crippen molar-refractivity contribution in [2.24, 2.45) is 0 Å². The molecule has 0 aliphatic heterocycles. The maximum Gasteiger partial charge on any atom is 0.360 e. The van der Waals surface area contributed by atoms with E-state index in [-0.39, 0.29) is 17.2 Å². The molecule has 1 heterocycles. The summed E-state index contributed by atoms with van der Waals surface area (Å²) in [6.45, 7) is 1.50. The molecule has 0 fully saturated rings. The molecule has 0 saturated carbocycles. The van der Waals surface area contributed by atoms with Gasteiger partial charge in [0.15, 0.2) is 11.8 Å². The second-order valence-corrected chi connectivity index (χ2v) is 6.23. The predicted molar refractivity (Wildman–Crippen MR) is 101 cm³/mol. The molecule has 7 heteroatoms. The Balaban J connectivity index is 2.12. The lowest BCUT2D eigenvalue weighted by Crippen LogP contribution is -2.35. The first kappa shape index (κ1) is 18.3. The molecule has 0 spiro atoms. The molecule has 0 N–H and O–H groups in total. The van der Waals surface area contributed by atoms with Crippen molar-refractivity contribution in [1.29, 1.82) is 0 Å². The van der Waals surface area contributed by atoms with E-state index in [9.17, 15) is 14.4 Å². The van der Waals surface area contributed by atoms with Crippen LogP contribution in [0.1, 0.15) is 17.4 Å². The average Bonchev–Trinajstić information content (AvgIpc) is 2.68. The lowest BCUT2D eigenvalue weighted by Gasteiger charge is -2.17. The van der Waals surface area contributed by atoms with E-state index in [0.717, 1.165) is 4.68 Å². The van der Waals surface area contributed by atoms with E-state index in [0.29, 0.717) is 16.5 Å². The summed E-state index contributed by atoms with van der Waals surface area (Å²) in [5.41, 5.74) is 0.165. The molecule has 27 heavy (non-hydrogen) atoms. The Morgan fingerprint density at radius 1 is 1.00 bits per heavy atom. The Morgan fingerprint density at radius 2 is 1.59 bits per heavy atom. The van der Waals surface area contributed by atoms with Gasteiger partial charge in [-0.1, -0.05) is 36.4 Å². The highest BCUT2D eigenvalue weighted by molar-refractivity contribution is 6.03. The van der Waals surface area contributed by atoms with Crippen molar-refractivity contribution in [3.05, 3.63) is 70.6 Å². The van der Waals surface area contributed by atoms with Gasteiger partial charge in [-0.05, 0) is 25.1 Å². The Labute approximate surface area is 155 Å². The number of benzene rings is 2. The van der Waals surface area contributed by atoms with Crippen LogP contribution in [0, 0.1) is 0 Å². The molecular weight excluding hydrogens is 346 g/mol. The molecule has 1 amide bonds. The van der Waals surface area contributed by atoms with Gasteiger partial charge in [0.25, 0.3) is 11.5 Å². The third-order valence-corrected chi connectivity index (χ3v) is 4.07. The van der Waals surface area contributed by atoms with Crippen LogP contribution >= 0.6 is 0 Å². The van der Waals surface area contributed by atoms with Gasteiger partial charge in [0.1, 0.15) is 0 Å². The number of amides is 1. The highest BCUT2D eigenvalue weighted by atomic mass is 16.5. The van der Waals surface area contributed by atoms with Crippen molar-refractivity contribution < 1.29 is 14.3 Å². The van der Waals surface area contributed by atoms with E-state index in [2.05, 4.69) is 5.10 Å². The molecule has 138 valence electrons. The molecule has 1 atom stereocenters. The quantitative estimate of drug-likeness (QED) is 0.661. The topological polar surface area (TPSA) is 81.5 Å². The van der Waals surface area contributed by atoms with E-state index < -0.39 is 12.1 Å². The molecule has 0 unspecified atom stereocenters. The normalized spacial score (nSPS) is 11.8. The number of fused-ring (bicyclic) bond motifs is 1. The predicted octanol–water partition coefficient (Wildman–Crippen LogP) is 2.02. The maximum absolute atomic E-state index is 12.8. The Morgan fingerprint density at radius 3 is 2.22 bits per heavy atom. The standard InChI is InChI=1S/C20H19N3O4/c1-13(18(24)22(2)3)27-20(26)17-15-11-7-8-12-16(15)19(25)23(21-17)14-9-5-4-6-10-14/h4-13H,1-3H3/t13-/m1/s1. The van der Waals surface area contributed by atoms with E-state index in [1.807, 2.05) is 6.07 Å². The fourth-order valence-electron chi connectivity index (χ4n) is 2.71. The van der Waals surface area contributed by atoms with Crippen LogP contribution < -0.4 is 5.56 Å². The molecule has 3 aromatic rings. The molecule has 0 radical (unpaired) electrons. The number of rotatable bonds is 4. The molecule has 0 aliphatic rings. The zero-order chi connectivity index (χ0) is 19.6. The molecule has 0 aliphatic carbocycles. The summed E-state index contributed by atoms with van der Waals surface area (Å²) in [5.74, 6) is -1.11. The van der Waals surface area contributed by atoms with E-state index in [4.69, 9.17) is 4.74 Å². The maximum atomic E-state index is 12.8. The van der Waals surface area contributed by atoms with Crippen molar-refractivity contribution in [2.75, 3.05) is 14.1 Å². The first-order valence-corrected chi connectivity index (χ1v) is 8.40. The van der Waals surface area contributed by atoms with Gasteiger partial charge in [-0.3, -0.25) is 9.59 Å².